The van der Waals surface area contributed by atoms with Crippen molar-refractivity contribution < 1.29 is 35.9 Å². The minimum absolute atomic E-state index is 0.00270. The molecule has 0 saturated heterocycles. The zero-order valence-corrected chi connectivity index (χ0v) is 20.3. The topological polar surface area (TPSA) is 61.4 Å². The Morgan fingerprint density at radius 1 is 0.861 bits per heavy atom. The van der Waals surface area contributed by atoms with Gasteiger partial charge in [-0.3, -0.25) is 9.59 Å². The number of carbonyl (C=O) groups is 2. The summed E-state index contributed by atoms with van der Waals surface area (Å²) in [5, 5.41) is 5.79. The fourth-order valence-corrected chi connectivity index (χ4v) is 5.02. The lowest BCUT2D eigenvalue weighted by molar-refractivity contribution is -0.143. The number of amides is 2. The first-order chi connectivity index (χ1) is 16.8. The van der Waals surface area contributed by atoms with Crippen molar-refractivity contribution in [3.63, 3.8) is 0 Å². The van der Waals surface area contributed by atoms with Crippen molar-refractivity contribution in [2.45, 2.75) is 82.2 Å². The highest BCUT2D eigenvalue weighted by molar-refractivity contribution is 5.94. The number of rotatable bonds is 7. The summed E-state index contributed by atoms with van der Waals surface area (Å²) in [6.07, 6.45) is -1.44. The van der Waals surface area contributed by atoms with Crippen molar-refractivity contribution in [2.75, 3.05) is 20.1 Å². The fourth-order valence-electron chi connectivity index (χ4n) is 5.02. The third-order valence-corrected chi connectivity index (χ3v) is 7.31. The molecule has 2 aliphatic rings. The Kier molecular flexibility index (Phi) is 9.29. The summed E-state index contributed by atoms with van der Waals surface area (Å²) in [6, 6.07) is 1.33. The van der Waals surface area contributed by atoms with Gasteiger partial charge in [-0.2, -0.15) is 26.3 Å². The van der Waals surface area contributed by atoms with Crippen molar-refractivity contribution in [3.8, 4) is 0 Å². The Balaban J connectivity index is 1.45. The molecule has 1 aromatic carbocycles. The molecule has 3 rings (SSSR count). The minimum Gasteiger partial charge on any atom is -0.352 e. The van der Waals surface area contributed by atoms with Crippen LogP contribution in [-0.2, 0) is 17.1 Å². The van der Waals surface area contributed by atoms with Crippen LogP contribution in [0.5, 0.6) is 0 Å². The lowest BCUT2D eigenvalue weighted by Gasteiger charge is -2.33. The van der Waals surface area contributed by atoms with Crippen LogP contribution in [0.4, 0.5) is 26.3 Å². The number of likely N-dealkylation sites (N-methyl/N-ethyl adjacent to an activating group) is 1. The molecule has 202 valence electrons. The van der Waals surface area contributed by atoms with Crippen LogP contribution >= 0.6 is 0 Å². The van der Waals surface area contributed by atoms with Crippen LogP contribution in [0.25, 0.3) is 0 Å². The van der Waals surface area contributed by atoms with Gasteiger partial charge in [0.1, 0.15) is 0 Å². The van der Waals surface area contributed by atoms with Crippen LogP contribution < -0.4 is 10.6 Å². The Bertz CT molecular complexity index is 872. The Labute approximate surface area is 207 Å². The highest BCUT2D eigenvalue weighted by atomic mass is 19.4. The first kappa shape index (κ1) is 28.3. The molecule has 2 aliphatic carbocycles. The van der Waals surface area contributed by atoms with Crippen LogP contribution in [0.15, 0.2) is 18.2 Å². The van der Waals surface area contributed by atoms with E-state index in [1.165, 1.54) is 6.42 Å². The highest BCUT2D eigenvalue weighted by Crippen LogP contribution is 2.36. The Morgan fingerprint density at radius 2 is 1.42 bits per heavy atom. The van der Waals surface area contributed by atoms with E-state index in [9.17, 15) is 35.9 Å². The number of alkyl halides is 6. The van der Waals surface area contributed by atoms with Crippen LogP contribution in [0.2, 0.25) is 0 Å². The van der Waals surface area contributed by atoms with Gasteiger partial charge in [0.2, 0.25) is 5.91 Å². The lowest BCUT2D eigenvalue weighted by atomic mass is 9.86. The number of hydrogen-bond donors (Lipinski definition) is 2. The first-order valence-electron chi connectivity index (χ1n) is 12.4. The molecule has 11 heteroatoms. The van der Waals surface area contributed by atoms with Crippen LogP contribution in [-0.4, -0.2) is 48.9 Å². The van der Waals surface area contributed by atoms with Gasteiger partial charge in [0.25, 0.3) is 5.91 Å². The van der Waals surface area contributed by atoms with E-state index in [0.717, 1.165) is 51.4 Å². The number of nitrogens with zero attached hydrogens (tertiary/aromatic N) is 1. The number of halogens is 6. The summed E-state index contributed by atoms with van der Waals surface area (Å²) >= 11 is 0. The average molecular weight is 522 g/mol. The van der Waals surface area contributed by atoms with E-state index in [1.807, 2.05) is 11.9 Å². The molecule has 0 bridgehead atoms. The Morgan fingerprint density at radius 3 is 1.94 bits per heavy atom. The van der Waals surface area contributed by atoms with E-state index in [0.29, 0.717) is 18.2 Å². The monoisotopic (exact) mass is 521 g/mol. The van der Waals surface area contributed by atoms with Gasteiger partial charge in [-0.25, -0.2) is 0 Å². The average Bonchev–Trinajstić information content (AvgIpc) is 2.85. The third kappa shape index (κ3) is 7.85. The minimum atomic E-state index is -5.01. The van der Waals surface area contributed by atoms with Gasteiger partial charge in [-0.1, -0.05) is 19.3 Å². The van der Waals surface area contributed by atoms with E-state index in [2.05, 4.69) is 10.6 Å². The van der Waals surface area contributed by atoms with Crippen molar-refractivity contribution in [1.29, 1.82) is 0 Å². The van der Waals surface area contributed by atoms with Gasteiger partial charge >= 0.3 is 12.4 Å². The van der Waals surface area contributed by atoms with Gasteiger partial charge in [-0.15, -0.1) is 0 Å². The van der Waals surface area contributed by atoms with Crippen molar-refractivity contribution in [3.05, 3.63) is 34.9 Å². The number of carbonyl (C=O) groups excluding carboxylic acids is 2. The fraction of sp³-hybridized carbons (Fsp3) is 0.680. The molecular formula is C25H33F6N3O2. The lowest BCUT2D eigenvalue weighted by Crippen LogP contribution is -2.46. The quantitative estimate of drug-likeness (QED) is 0.473. The van der Waals surface area contributed by atoms with E-state index < -0.39 is 35.0 Å². The highest BCUT2D eigenvalue weighted by Gasteiger charge is 2.37. The third-order valence-electron chi connectivity index (χ3n) is 7.31. The molecule has 5 nitrogen and oxygen atoms in total. The largest absolute Gasteiger partial charge is 0.416 e. The summed E-state index contributed by atoms with van der Waals surface area (Å²) in [6.45, 7) is 0.419. The number of benzene rings is 1. The molecule has 2 saturated carbocycles. The second-order valence-electron chi connectivity index (χ2n) is 9.90. The molecule has 0 aromatic heterocycles. The molecule has 2 fully saturated rings. The SMILES string of the molecule is CN(C(=O)CNC1CCC(CNC(=O)c2cc(C(F)(F)F)cc(C(F)(F)F)c2)CC1)C1CCCCC1. The summed E-state index contributed by atoms with van der Waals surface area (Å²) in [5.41, 5.74) is -3.71. The summed E-state index contributed by atoms with van der Waals surface area (Å²) in [5.74, 6) is -0.848. The van der Waals surface area contributed by atoms with Gasteiger partial charge in [-0.05, 0) is 62.6 Å². The molecule has 0 aliphatic heterocycles. The maximum atomic E-state index is 13.0. The standard InChI is InChI=1S/C25H33F6N3O2/c1-34(21-5-3-2-4-6-21)22(35)15-32-20-9-7-16(8-10-20)14-33-23(36)17-11-18(24(26,27)28)13-19(12-17)25(29,30)31/h11-13,16,20-21,32H,2-10,14-15H2,1H3,(H,33,36). The summed E-state index contributed by atoms with van der Waals surface area (Å²) in [7, 11) is 1.85. The predicted molar refractivity (Wildman–Crippen MR) is 122 cm³/mol. The maximum absolute atomic E-state index is 13.0. The van der Waals surface area contributed by atoms with Gasteiger partial charge in [0.15, 0.2) is 0 Å². The molecular weight excluding hydrogens is 488 g/mol. The predicted octanol–water partition coefficient (Wildman–Crippen LogP) is 5.39. The smallest absolute Gasteiger partial charge is 0.352 e. The summed E-state index contributed by atoms with van der Waals surface area (Å²) in [4.78, 5) is 26.7. The zero-order chi connectivity index (χ0) is 26.5. The van der Waals surface area contributed by atoms with Crippen LogP contribution in [0.3, 0.4) is 0 Å². The van der Waals surface area contributed by atoms with Crippen LogP contribution in [0, 0.1) is 5.92 Å². The van der Waals surface area contributed by atoms with E-state index in [-0.39, 0.29) is 37.0 Å². The second-order valence-corrected chi connectivity index (χ2v) is 9.90. The van der Waals surface area contributed by atoms with Gasteiger partial charge in [0.05, 0.1) is 17.7 Å². The molecule has 36 heavy (non-hydrogen) atoms. The van der Waals surface area contributed by atoms with Gasteiger partial charge < -0.3 is 15.5 Å². The normalized spacial score (nSPS) is 21.8. The van der Waals surface area contributed by atoms with E-state index in [1.54, 1.807) is 0 Å². The zero-order valence-electron chi connectivity index (χ0n) is 20.3. The molecule has 2 N–H and O–H groups in total. The molecule has 1 aromatic rings. The van der Waals surface area contributed by atoms with Crippen molar-refractivity contribution in [2.24, 2.45) is 5.92 Å². The molecule has 0 heterocycles. The Hall–Kier alpha value is -2.30. The van der Waals surface area contributed by atoms with Gasteiger partial charge in [0, 0.05) is 31.2 Å². The van der Waals surface area contributed by atoms with Crippen molar-refractivity contribution >= 4 is 11.8 Å². The number of hydrogen-bond acceptors (Lipinski definition) is 3. The molecule has 0 radical (unpaired) electrons. The van der Waals surface area contributed by atoms with E-state index in [4.69, 9.17) is 0 Å². The maximum Gasteiger partial charge on any atom is 0.416 e. The number of nitrogens with one attached hydrogen (secondary N) is 2. The van der Waals surface area contributed by atoms with Crippen molar-refractivity contribution in [1.82, 2.24) is 15.5 Å². The molecule has 0 unspecified atom stereocenters. The van der Waals surface area contributed by atoms with Crippen LogP contribution in [0.1, 0.15) is 79.3 Å². The summed E-state index contributed by atoms with van der Waals surface area (Å²) < 4.78 is 78.2. The molecule has 0 spiro atoms. The second kappa shape index (κ2) is 11.8. The molecule has 0 atom stereocenters. The first-order valence-corrected chi connectivity index (χ1v) is 12.4. The molecule has 2 amide bonds. The van der Waals surface area contributed by atoms with E-state index >= 15 is 0 Å².